The van der Waals surface area contributed by atoms with E-state index in [1.54, 1.807) is 0 Å². The minimum atomic E-state index is -0.775. The lowest BCUT2D eigenvalue weighted by Crippen LogP contribution is -2.30. The SMILES string of the molecule is CC/C=C\C/C=C\C/C=C\C/C=C\C/C=C\CCCCCCCCCCCCCCCC(=O)OCC(COC(=O)CCCCCCCCCCCCCC)OC(=O)CCCCCCCCCCC/C=C\CCCCCCCCCC. The second-order valence-electron chi connectivity index (χ2n) is 23.4. The van der Waals surface area contributed by atoms with Gasteiger partial charge < -0.3 is 14.2 Å². The van der Waals surface area contributed by atoms with Crippen molar-refractivity contribution in [1.82, 2.24) is 0 Å². The number of esters is 3. The van der Waals surface area contributed by atoms with Crippen molar-refractivity contribution in [2.45, 2.75) is 367 Å². The van der Waals surface area contributed by atoms with Crippen molar-refractivity contribution >= 4 is 17.9 Å². The van der Waals surface area contributed by atoms with Gasteiger partial charge in [0, 0.05) is 19.3 Å². The summed E-state index contributed by atoms with van der Waals surface area (Å²) in [6.07, 6.45) is 89.3. The largest absolute Gasteiger partial charge is 0.462 e. The highest BCUT2D eigenvalue weighted by Gasteiger charge is 2.19. The number of allylic oxidation sites excluding steroid dienone is 12. The fourth-order valence-electron chi connectivity index (χ4n) is 10.2. The van der Waals surface area contributed by atoms with Gasteiger partial charge in [0.15, 0.2) is 6.10 Å². The van der Waals surface area contributed by atoms with Crippen LogP contribution in [0.4, 0.5) is 0 Å². The molecule has 0 aliphatic carbocycles. The van der Waals surface area contributed by atoms with Crippen LogP contribution in [0.2, 0.25) is 0 Å². The number of unbranched alkanes of at least 4 members (excludes halogenated alkanes) is 41. The normalized spacial score (nSPS) is 12.5. The molecule has 0 aromatic carbocycles. The zero-order chi connectivity index (χ0) is 57.8. The average molecular weight is 1120 g/mol. The second kappa shape index (κ2) is 68.3. The first kappa shape index (κ1) is 76.9. The summed E-state index contributed by atoms with van der Waals surface area (Å²) in [5, 5.41) is 0. The van der Waals surface area contributed by atoms with Crippen LogP contribution < -0.4 is 0 Å². The maximum absolute atomic E-state index is 12.9. The molecule has 0 aromatic heterocycles. The van der Waals surface area contributed by atoms with E-state index in [1.165, 1.54) is 231 Å². The third-order valence-electron chi connectivity index (χ3n) is 15.4. The monoisotopic (exact) mass is 1120 g/mol. The number of hydrogen-bond donors (Lipinski definition) is 0. The predicted molar refractivity (Wildman–Crippen MR) is 348 cm³/mol. The van der Waals surface area contributed by atoms with Crippen LogP contribution in [0.25, 0.3) is 0 Å². The molecule has 1 atom stereocenters. The fraction of sp³-hybridized carbons (Fsp3) is 0.797. The van der Waals surface area contributed by atoms with Crippen LogP contribution in [-0.4, -0.2) is 37.2 Å². The first-order chi connectivity index (χ1) is 39.5. The van der Waals surface area contributed by atoms with E-state index >= 15 is 0 Å². The first-order valence-corrected chi connectivity index (χ1v) is 34.9. The number of hydrogen-bond acceptors (Lipinski definition) is 6. The van der Waals surface area contributed by atoms with E-state index in [-0.39, 0.29) is 31.1 Å². The summed E-state index contributed by atoms with van der Waals surface area (Å²) in [4.78, 5) is 38.4. The van der Waals surface area contributed by atoms with Gasteiger partial charge in [-0.1, -0.05) is 325 Å². The maximum Gasteiger partial charge on any atom is 0.306 e. The van der Waals surface area contributed by atoms with E-state index in [2.05, 4.69) is 93.7 Å². The Morgan fingerprint density at radius 2 is 0.487 bits per heavy atom. The maximum atomic E-state index is 12.9. The van der Waals surface area contributed by atoms with Crippen molar-refractivity contribution in [3.8, 4) is 0 Å². The van der Waals surface area contributed by atoms with Crippen LogP contribution in [0.5, 0.6) is 0 Å². The molecule has 0 fully saturated rings. The molecule has 0 saturated heterocycles. The smallest absolute Gasteiger partial charge is 0.306 e. The molecule has 464 valence electrons. The molecule has 0 amide bonds. The van der Waals surface area contributed by atoms with E-state index in [0.29, 0.717) is 19.3 Å². The number of carbonyl (C=O) groups is 3. The zero-order valence-electron chi connectivity index (χ0n) is 53.3. The predicted octanol–water partition coefficient (Wildman–Crippen LogP) is 24.1. The Labute approximate surface area is 497 Å². The molecule has 0 spiro atoms. The molecule has 1 unspecified atom stereocenters. The molecular weight excluding hydrogens is 985 g/mol. The summed E-state index contributed by atoms with van der Waals surface area (Å²) < 4.78 is 17.0. The van der Waals surface area contributed by atoms with Crippen LogP contribution >= 0.6 is 0 Å². The summed E-state index contributed by atoms with van der Waals surface area (Å²) in [7, 11) is 0. The Morgan fingerprint density at radius 3 is 0.775 bits per heavy atom. The molecular formula is C74H132O6. The minimum absolute atomic E-state index is 0.0713. The number of rotatable bonds is 64. The van der Waals surface area contributed by atoms with Crippen molar-refractivity contribution < 1.29 is 28.6 Å². The average Bonchev–Trinajstić information content (AvgIpc) is 3.46. The van der Waals surface area contributed by atoms with Gasteiger partial charge in [-0.2, -0.15) is 0 Å². The summed E-state index contributed by atoms with van der Waals surface area (Å²) in [6.45, 7) is 6.57. The van der Waals surface area contributed by atoms with Gasteiger partial charge in [0.25, 0.3) is 0 Å². The van der Waals surface area contributed by atoms with Gasteiger partial charge in [-0.3, -0.25) is 14.4 Å². The second-order valence-corrected chi connectivity index (χ2v) is 23.4. The quantitative estimate of drug-likeness (QED) is 0.0261. The van der Waals surface area contributed by atoms with Gasteiger partial charge >= 0.3 is 17.9 Å². The topological polar surface area (TPSA) is 78.9 Å². The first-order valence-electron chi connectivity index (χ1n) is 34.9. The van der Waals surface area contributed by atoms with Crippen molar-refractivity contribution in [1.29, 1.82) is 0 Å². The number of carbonyl (C=O) groups excluding carboxylic acids is 3. The molecule has 6 nitrogen and oxygen atoms in total. The Morgan fingerprint density at radius 1 is 0.263 bits per heavy atom. The van der Waals surface area contributed by atoms with Crippen molar-refractivity contribution in [2.75, 3.05) is 13.2 Å². The molecule has 0 saturated carbocycles. The standard InChI is InChI=1S/C74H132O6/c1-4-7-10-13-16-19-22-25-27-29-31-33-34-35-36-37-38-39-40-42-43-45-47-49-52-55-58-61-64-67-73(76)79-70-71(69-78-72(75)66-63-60-57-54-51-24-21-18-15-12-9-6-3)80-74(77)68-65-62-59-56-53-50-48-46-44-41-32-30-28-26-23-20-17-14-11-8-5-2/h7,10,16,19,25,27,30-33,35-36,71H,4-6,8-9,11-15,17-18,20-24,26,28-29,34,37-70H2,1-3H3/b10-7-,19-16-,27-25-,32-30-,33-31-,36-35-. The number of ether oxygens (including phenoxy) is 3. The van der Waals surface area contributed by atoms with Crippen LogP contribution in [-0.2, 0) is 28.6 Å². The summed E-state index contributed by atoms with van der Waals surface area (Å²) in [5.74, 6) is -0.854. The Hall–Kier alpha value is -3.15. The van der Waals surface area contributed by atoms with Crippen molar-refractivity contribution in [3.05, 3.63) is 72.9 Å². The van der Waals surface area contributed by atoms with E-state index in [9.17, 15) is 14.4 Å². The van der Waals surface area contributed by atoms with Crippen LogP contribution in [0, 0.1) is 0 Å². The lowest BCUT2D eigenvalue weighted by atomic mass is 10.0. The molecule has 0 N–H and O–H groups in total. The third kappa shape index (κ3) is 65.7. The molecule has 80 heavy (non-hydrogen) atoms. The van der Waals surface area contributed by atoms with E-state index in [1.807, 2.05) is 0 Å². The third-order valence-corrected chi connectivity index (χ3v) is 15.4. The van der Waals surface area contributed by atoms with Crippen molar-refractivity contribution in [3.63, 3.8) is 0 Å². The Bertz CT molecular complexity index is 1470. The van der Waals surface area contributed by atoms with E-state index in [4.69, 9.17) is 14.2 Å². The van der Waals surface area contributed by atoms with Gasteiger partial charge in [0.1, 0.15) is 13.2 Å². The molecule has 0 rings (SSSR count). The van der Waals surface area contributed by atoms with Crippen molar-refractivity contribution in [2.24, 2.45) is 0 Å². The van der Waals surface area contributed by atoms with E-state index < -0.39 is 6.10 Å². The highest BCUT2D eigenvalue weighted by atomic mass is 16.6. The van der Waals surface area contributed by atoms with Crippen LogP contribution in [0.15, 0.2) is 72.9 Å². The summed E-state index contributed by atoms with van der Waals surface area (Å²) in [5.41, 5.74) is 0. The van der Waals surface area contributed by atoms with Gasteiger partial charge in [-0.05, 0) is 89.9 Å². The molecule has 0 heterocycles. The minimum Gasteiger partial charge on any atom is -0.462 e. The van der Waals surface area contributed by atoms with Crippen LogP contribution in [0.3, 0.4) is 0 Å². The summed E-state index contributed by atoms with van der Waals surface area (Å²) >= 11 is 0. The molecule has 0 radical (unpaired) electrons. The highest BCUT2D eigenvalue weighted by molar-refractivity contribution is 5.71. The van der Waals surface area contributed by atoms with Gasteiger partial charge in [0.05, 0.1) is 0 Å². The molecule has 0 bridgehead atoms. The van der Waals surface area contributed by atoms with E-state index in [0.717, 1.165) is 89.9 Å². The Kier molecular flexibility index (Phi) is 65.7. The molecule has 0 aliphatic rings. The molecule has 0 aliphatic heterocycles. The highest BCUT2D eigenvalue weighted by Crippen LogP contribution is 2.18. The fourth-order valence-corrected chi connectivity index (χ4v) is 10.2. The lowest BCUT2D eigenvalue weighted by molar-refractivity contribution is -0.167. The zero-order valence-corrected chi connectivity index (χ0v) is 53.3. The summed E-state index contributed by atoms with van der Waals surface area (Å²) in [6, 6.07) is 0. The van der Waals surface area contributed by atoms with Gasteiger partial charge in [-0.15, -0.1) is 0 Å². The molecule has 0 aromatic rings. The lowest BCUT2D eigenvalue weighted by Gasteiger charge is -2.18. The van der Waals surface area contributed by atoms with Crippen LogP contribution in [0.1, 0.15) is 361 Å². The Balaban J connectivity index is 4.22. The molecule has 6 heteroatoms. The van der Waals surface area contributed by atoms with Gasteiger partial charge in [-0.25, -0.2) is 0 Å². The van der Waals surface area contributed by atoms with Gasteiger partial charge in [0.2, 0.25) is 0 Å².